The Morgan fingerprint density at radius 2 is 1.37 bits per heavy atom. The Morgan fingerprint density at radius 1 is 0.947 bits per heavy atom. The number of hydrogen-bond acceptors (Lipinski definition) is 6. The lowest BCUT2D eigenvalue weighted by atomic mass is 9.89. The molecule has 0 aromatic carbocycles. The number of ether oxygens (including phenoxy) is 2. The molecule has 0 unspecified atom stereocenters. The Morgan fingerprint density at radius 3 is 1.63 bits per heavy atom. The fourth-order valence-electron chi connectivity index (χ4n) is 1.48. The highest BCUT2D eigenvalue weighted by Crippen LogP contribution is 2.21. The minimum atomic E-state index is -2.44. The predicted octanol–water partition coefficient (Wildman–Crippen LogP) is -0.374. The Labute approximate surface area is 123 Å². The summed E-state index contributed by atoms with van der Waals surface area (Å²) in [6.45, 7) is 5.49. The molecular formula is C12H21AlO6. The van der Waals surface area contributed by atoms with Crippen LogP contribution in [-0.4, -0.2) is 53.1 Å². The van der Waals surface area contributed by atoms with E-state index >= 15 is 0 Å². The van der Waals surface area contributed by atoms with Gasteiger partial charge >= 0.3 is 17.5 Å². The van der Waals surface area contributed by atoms with E-state index in [1.54, 1.807) is 0 Å². The normalized spacial score (nSPS) is 10.1. The number of rotatable bonds is 7. The van der Waals surface area contributed by atoms with E-state index in [1.165, 1.54) is 20.8 Å². The smallest absolute Gasteiger partial charge is 0.366 e. The molecule has 6 nitrogen and oxygen atoms in total. The van der Waals surface area contributed by atoms with Crippen molar-refractivity contribution in [1.82, 2.24) is 0 Å². The van der Waals surface area contributed by atoms with Crippen molar-refractivity contribution in [3.63, 3.8) is 0 Å². The minimum absolute atomic E-state index is 0. The highest BCUT2D eigenvalue weighted by atomic mass is 27.0. The average molecular weight is 288 g/mol. The first-order chi connectivity index (χ1) is 8.36. The molecule has 0 atom stereocenters. The molecule has 0 saturated carbocycles. The molecule has 0 rings (SSSR count). The third-order valence-corrected chi connectivity index (χ3v) is 2.29. The lowest BCUT2D eigenvalue weighted by molar-refractivity contribution is -0.187. The summed E-state index contributed by atoms with van der Waals surface area (Å²) in [6.07, 6.45) is -0.227. The fraction of sp³-hybridized carbons (Fsp3) is 0.667. The first kappa shape index (κ1) is 20.1. The standard InChI is InChI=1S/C12H18O6.Al.3H/c1-5-9(14)12(10(15)6-2,18-8(4)13)11(16)17-7-3;;;;/h5-7H2,1-4H3;;;;. The van der Waals surface area contributed by atoms with Crippen LogP contribution >= 0.6 is 0 Å². The largest absolute Gasteiger partial charge is 0.462 e. The van der Waals surface area contributed by atoms with Gasteiger partial charge in [-0.1, -0.05) is 13.8 Å². The van der Waals surface area contributed by atoms with Gasteiger partial charge in [0.15, 0.2) is 28.9 Å². The molecule has 19 heavy (non-hydrogen) atoms. The van der Waals surface area contributed by atoms with Crippen molar-refractivity contribution < 1.29 is 28.7 Å². The molecule has 108 valence electrons. The fourth-order valence-corrected chi connectivity index (χ4v) is 1.48. The van der Waals surface area contributed by atoms with Crippen molar-refractivity contribution in [2.45, 2.75) is 46.1 Å². The van der Waals surface area contributed by atoms with Crippen LogP contribution in [0.2, 0.25) is 0 Å². The van der Waals surface area contributed by atoms with Gasteiger partial charge in [0.1, 0.15) is 0 Å². The van der Waals surface area contributed by atoms with Crippen LogP contribution < -0.4 is 0 Å². The second kappa shape index (κ2) is 8.84. The van der Waals surface area contributed by atoms with Crippen LogP contribution in [0.1, 0.15) is 40.5 Å². The van der Waals surface area contributed by atoms with Gasteiger partial charge in [0, 0.05) is 19.8 Å². The van der Waals surface area contributed by atoms with Gasteiger partial charge in [-0.25, -0.2) is 4.79 Å². The summed E-state index contributed by atoms with van der Waals surface area (Å²) in [6, 6.07) is 0. The Balaban J connectivity index is 0. The third-order valence-electron chi connectivity index (χ3n) is 2.29. The first-order valence-electron chi connectivity index (χ1n) is 5.80. The zero-order chi connectivity index (χ0) is 14.3. The monoisotopic (exact) mass is 288 g/mol. The van der Waals surface area contributed by atoms with E-state index in [0.29, 0.717) is 0 Å². The van der Waals surface area contributed by atoms with Crippen LogP contribution in [0, 0.1) is 0 Å². The van der Waals surface area contributed by atoms with Gasteiger partial charge in [-0.15, -0.1) is 0 Å². The summed E-state index contributed by atoms with van der Waals surface area (Å²) in [7, 11) is 0. The van der Waals surface area contributed by atoms with Gasteiger partial charge in [-0.3, -0.25) is 14.4 Å². The summed E-state index contributed by atoms with van der Waals surface area (Å²) in [5.41, 5.74) is -2.44. The maximum atomic E-state index is 11.9. The zero-order valence-corrected chi connectivity index (χ0v) is 11.1. The molecule has 0 bridgehead atoms. The molecule has 0 aromatic heterocycles. The van der Waals surface area contributed by atoms with Crippen molar-refractivity contribution in [2.75, 3.05) is 6.61 Å². The van der Waals surface area contributed by atoms with Crippen molar-refractivity contribution in [2.24, 2.45) is 0 Å². The van der Waals surface area contributed by atoms with Crippen LogP contribution in [0.25, 0.3) is 0 Å². The maximum absolute atomic E-state index is 11.9. The van der Waals surface area contributed by atoms with E-state index in [2.05, 4.69) is 0 Å². The number of ketones is 2. The molecular weight excluding hydrogens is 267 g/mol. The van der Waals surface area contributed by atoms with Crippen LogP contribution in [0.15, 0.2) is 0 Å². The molecule has 0 heterocycles. The Bertz CT molecular complexity index is 347. The van der Waals surface area contributed by atoms with Crippen LogP contribution in [0.5, 0.6) is 0 Å². The SMILES string of the molecule is CCOC(=O)C(OC(C)=O)(C(=O)CC)C(=O)CC.[AlH3]. The highest BCUT2D eigenvalue weighted by Gasteiger charge is 2.55. The quantitative estimate of drug-likeness (QED) is 0.361. The molecule has 0 aromatic rings. The summed E-state index contributed by atoms with van der Waals surface area (Å²) in [4.78, 5) is 46.7. The molecule has 7 heteroatoms. The van der Waals surface area contributed by atoms with E-state index < -0.39 is 29.1 Å². The summed E-state index contributed by atoms with van der Waals surface area (Å²) < 4.78 is 9.44. The zero-order valence-electron chi connectivity index (χ0n) is 11.1. The van der Waals surface area contributed by atoms with E-state index in [9.17, 15) is 19.2 Å². The molecule has 0 spiro atoms. The Hall–Kier alpha value is -1.19. The molecule has 0 saturated heterocycles. The average Bonchev–Trinajstić information content (AvgIpc) is 2.33. The molecule has 0 radical (unpaired) electrons. The van der Waals surface area contributed by atoms with Gasteiger partial charge in [-0.2, -0.15) is 0 Å². The van der Waals surface area contributed by atoms with Crippen molar-refractivity contribution in [1.29, 1.82) is 0 Å². The molecule has 0 aliphatic heterocycles. The van der Waals surface area contributed by atoms with Crippen LogP contribution in [0.3, 0.4) is 0 Å². The highest BCUT2D eigenvalue weighted by molar-refractivity contribution is 6.27. The van der Waals surface area contributed by atoms with Gasteiger partial charge in [0.05, 0.1) is 6.61 Å². The topological polar surface area (TPSA) is 86.7 Å². The number of hydrogen-bond donors (Lipinski definition) is 0. The number of esters is 2. The van der Waals surface area contributed by atoms with Crippen LogP contribution in [0.4, 0.5) is 0 Å². The van der Waals surface area contributed by atoms with E-state index in [4.69, 9.17) is 9.47 Å². The first-order valence-corrected chi connectivity index (χ1v) is 5.80. The van der Waals surface area contributed by atoms with E-state index in [0.717, 1.165) is 6.92 Å². The van der Waals surface area contributed by atoms with E-state index in [-0.39, 0.29) is 36.8 Å². The van der Waals surface area contributed by atoms with Crippen molar-refractivity contribution in [3.05, 3.63) is 0 Å². The molecule has 0 N–H and O–H groups in total. The lowest BCUT2D eigenvalue weighted by Gasteiger charge is -2.27. The van der Waals surface area contributed by atoms with Crippen LogP contribution in [-0.2, 0) is 28.7 Å². The number of carbonyl (C=O) groups is 4. The summed E-state index contributed by atoms with van der Waals surface area (Å²) >= 11 is 0. The van der Waals surface area contributed by atoms with Gasteiger partial charge in [0.25, 0.3) is 0 Å². The molecule has 0 aliphatic rings. The van der Waals surface area contributed by atoms with E-state index in [1.807, 2.05) is 0 Å². The molecule has 0 aliphatic carbocycles. The van der Waals surface area contributed by atoms with Gasteiger partial charge in [0.2, 0.25) is 0 Å². The lowest BCUT2D eigenvalue weighted by Crippen LogP contribution is -2.57. The van der Waals surface area contributed by atoms with Crippen molar-refractivity contribution >= 4 is 40.9 Å². The second-order valence-electron chi connectivity index (χ2n) is 3.55. The van der Waals surface area contributed by atoms with Crippen molar-refractivity contribution in [3.8, 4) is 0 Å². The molecule has 0 amide bonds. The minimum Gasteiger partial charge on any atom is -0.462 e. The van der Waals surface area contributed by atoms with Gasteiger partial charge < -0.3 is 9.47 Å². The Kier molecular flexibility index (Phi) is 9.36. The summed E-state index contributed by atoms with van der Waals surface area (Å²) in [5.74, 6) is -3.56. The third kappa shape index (κ3) is 4.44. The predicted molar refractivity (Wildman–Crippen MR) is 71.7 cm³/mol. The molecule has 0 fully saturated rings. The number of carbonyl (C=O) groups excluding carboxylic acids is 4. The summed E-state index contributed by atoms with van der Waals surface area (Å²) in [5, 5.41) is 0. The number of Topliss-reactive ketones (excluding diaryl/α,β-unsaturated/α-hetero) is 2. The second-order valence-corrected chi connectivity index (χ2v) is 3.55. The van der Waals surface area contributed by atoms with Gasteiger partial charge in [-0.05, 0) is 6.92 Å². The maximum Gasteiger partial charge on any atom is 0.366 e.